The Kier molecular flexibility index (Phi) is 16.9. The smallest absolute Gasteiger partial charge is 0.307 e. The summed E-state index contributed by atoms with van der Waals surface area (Å²) in [6, 6.07) is 13.6. The second-order valence-electron chi connectivity index (χ2n) is 23.6. The van der Waals surface area contributed by atoms with Crippen molar-refractivity contribution in [1.82, 2.24) is 9.13 Å². The van der Waals surface area contributed by atoms with Crippen LogP contribution in [-0.2, 0) is 61.8 Å². The highest BCUT2D eigenvalue weighted by atomic mass is 19.4. The Hall–Kier alpha value is -10.8. The number of alkyl halides is 30. The number of halogens is 30. The Morgan fingerprint density at radius 3 is 0.567 bits per heavy atom. The van der Waals surface area contributed by atoms with Crippen LogP contribution in [0.2, 0.25) is 0 Å². The van der Waals surface area contributed by atoms with Crippen molar-refractivity contribution in [3.8, 4) is 73.1 Å². The number of hydrogen-bond donors (Lipinski definition) is 0. The monoisotopic (exact) mass is 1490 g/mol. The number of rotatable bonds is 7. The zero-order chi connectivity index (χ0) is 76.3. The van der Waals surface area contributed by atoms with Crippen LogP contribution < -0.4 is 0 Å². The highest BCUT2D eigenvalue weighted by Crippen LogP contribution is 2.50. The van der Waals surface area contributed by atoms with Gasteiger partial charge in [-0.05, 0) is 177 Å². The molecule has 0 radical (unpaired) electrons. The molecule has 0 atom stereocenters. The molecule has 0 saturated heterocycles. The van der Waals surface area contributed by atoms with Crippen LogP contribution in [0.25, 0.3) is 111 Å². The highest BCUT2D eigenvalue weighted by Gasteiger charge is 2.43. The van der Waals surface area contributed by atoms with Crippen molar-refractivity contribution in [1.29, 1.82) is 5.26 Å². The van der Waals surface area contributed by atoms with Crippen molar-refractivity contribution in [2.24, 2.45) is 0 Å². The van der Waals surface area contributed by atoms with Gasteiger partial charge < -0.3 is 9.13 Å². The lowest BCUT2D eigenvalue weighted by molar-refractivity contribution is -0.144. The van der Waals surface area contributed by atoms with E-state index in [0.29, 0.717) is 12.1 Å². The zero-order valence-electron chi connectivity index (χ0n) is 50.4. The predicted octanol–water partition coefficient (Wildman–Crippen LogP) is 26.3. The van der Waals surface area contributed by atoms with Gasteiger partial charge in [0.05, 0.1) is 101 Å². The second-order valence-corrected chi connectivity index (χ2v) is 23.6. The molecule has 2 heterocycles. The minimum atomic E-state index is -5.71. The van der Waals surface area contributed by atoms with Gasteiger partial charge >= 0.3 is 61.8 Å². The van der Waals surface area contributed by atoms with Crippen LogP contribution in [0, 0.1) is 11.3 Å². The van der Waals surface area contributed by atoms with Crippen LogP contribution in [0.3, 0.4) is 0 Å². The fourth-order valence-electron chi connectivity index (χ4n) is 12.1. The third-order valence-corrected chi connectivity index (χ3v) is 16.8. The molecule has 0 aliphatic heterocycles. The third kappa shape index (κ3) is 13.9. The first-order chi connectivity index (χ1) is 47.7. The topological polar surface area (TPSA) is 33.6 Å². The lowest BCUT2D eigenvalue weighted by atomic mass is 9.94. The minimum absolute atomic E-state index is 0.0578. The molecule has 104 heavy (non-hydrogen) atoms. The summed E-state index contributed by atoms with van der Waals surface area (Å²) in [4.78, 5) is 0. The van der Waals surface area contributed by atoms with Crippen LogP contribution in [0.1, 0.15) is 61.2 Å². The van der Waals surface area contributed by atoms with E-state index in [0.717, 1.165) is 81.9 Å². The fraction of sp³-hybridized carbons (Fsp3) is 0.141. The van der Waals surface area contributed by atoms with E-state index in [1.807, 2.05) is 0 Å². The first-order valence-electron chi connectivity index (χ1n) is 29.0. The predicted molar refractivity (Wildman–Crippen MR) is 317 cm³/mol. The number of hydrogen-bond acceptors (Lipinski definition) is 1. The van der Waals surface area contributed by atoms with E-state index < -0.39 is 212 Å². The summed E-state index contributed by atoms with van der Waals surface area (Å²) >= 11 is 0. The summed E-state index contributed by atoms with van der Waals surface area (Å²) in [6.07, 6.45) is -56.0. The van der Waals surface area contributed by atoms with Gasteiger partial charge in [0.15, 0.2) is 0 Å². The van der Waals surface area contributed by atoms with Crippen LogP contribution in [-0.4, -0.2) is 9.13 Å². The van der Waals surface area contributed by atoms with E-state index in [4.69, 9.17) is 0 Å². The molecule has 0 spiro atoms. The Labute approximate surface area is 560 Å². The molecule has 12 aromatic rings. The van der Waals surface area contributed by atoms with E-state index in [1.54, 1.807) is 6.07 Å². The number of nitriles is 1. The minimum Gasteiger partial charge on any atom is -0.307 e. The molecule has 2 aromatic heterocycles. The van der Waals surface area contributed by atoms with Crippen molar-refractivity contribution in [2.75, 3.05) is 0 Å². The molecular weight excluding hydrogens is 1460 g/mol. The Balaban J connectivity index is 1.32. The number of aromatic nitrogens is 2. The van der Waals surface area contributed by atoms with E-state index in [1.165, 1.54) is 0 Å². The van der Waals surface area contributed by atoms with Gasteiger partial charge in [-0.2, -0.15) is 137 Å². The largest absolute Gasteiger partial charge is 0.416 e. The first kappa shape index (κ1) is 73.0. The molecule has 12 rings (SSSR count). The lowest BCUT2D eigenvalue weighted by Gasteiger charge is -2.21. The first-order valence-corrected chi connectivity index (χ1v) is 29.0. The van der Waals surface area contributed by atoms with Crippen molar-refractivity contribution in [3.05, 3.63) is 237 Å². The molecule has 3 nitrogen and oxygen atoms in total. The summed E-state index contributed by atoms with van der Waals surface area (Å²) in [5, 5.41) is 9.98. The number of fused-ring (bicyclic) bond motifs is 6. The summed E-state index contributed by atoms with van der Waals surface area (Å²) in [5.41, 5.74) is -33.5. The van der Waals surface area contributed by atoms with E-state index >= 15 is 0 Å². The fourth-order valence-corrected chi connectivity index (χ4v) is 12.1. The molecule has 538 valence electrons. The maximum absolute atomic E-state index is 14.9. The van der Waals surface area contributed by atoms with E-state index in [9.17, 15) is 137 Å². The van der Waals surface area contributed by atoms with Crippen LogP contribution in [0.4, 0.5) is 132 Å². The molecule has 0 fully saturated rings. The standard InChI is InChI=1S/C71H29F30N3/c72-62(73,74)41-9-35(10-42(24-41)63(75,76)77)31-1-5-51-52-6-2-32(36-11-43(64(78,79)80)25-44(12-36)65(81,82)83)20-57(52)103(56(51)19-31)60-23-40(30-102)55(39-17-49(70(96,97)98)28-50(18-39)71(99,100)101)29-61(60)104-58-21-33(37-13-45(66(84,85)86)26-46(14-37)67(87,88)89)3-7-53(58)54-8-4-34(22-59(54)104)38-15-47(68(90,91)92)27-48(16-38)69(93,94)95/h1-29H. The normalized spacial score (nSPS) is 13.5. The molecule has 0 amide bonds. The molecular formula is C71H29F30N3. The van der Waals surface area contributed by atoms with Crippen molar-refractivity contribution in [3.63, 3.8) is 0 Å². The molecule has 0 saturated carbocycles. The van der Waals surface area contributed by atoms with Crippen molar-refractivity contribution < 1.29 is 132 Å². The highest BCUT2D eigenvalue weighted by molar-refractivity contribution is 6.14. The third-order valence-electron chi connectivity index (χ3n) is 16.8. The molecule has 0 bridgehead atoms. The van der Waals surface area contributed by atoms with Crippen LogP contribution in [0.15, 0.2) is 176 Å². The molecule has 0 aliphatic carbocycles. The van der Waals surface area contributed by atoms with Gasteiger partial charge in [0.25, 0.3) is 0 Å². The van der Waals surface area contributed by atoms with Crippen LogP contribution >= 0.6 is 0 Å². The zero-order valence-corrected chi connectivity index (χ0v) is 50.4. The summed E-state index contributed by atoms with van der Waals surface area (Å²) in [7, 11) is 0. The molecule has 10 aromatic carbocycles. The number of nitrogens with zero attached hydrogens (tertiary/aromatic N) is 3. The van der Waals surface area contributed by atoms with Gasteiger partial charge in [-0.1, -0.05) is 48.5 Å². The molecule has 33 heteroatoms. The van der Waals surface area contributed by atoms with Crippen molar-refractivity contribution >= 4 is 43.6 Å². The molecule has 0 unspecified atom stereocenters. The van der Waals surface area contributed by atoms with Crippen molar-refractivity contribution in [2.45, 2.75) is 61.8 Å². The van der Waals surface area contributed by atoms with E-state index in [2.05, 4.69) is 0 Å². The maximum atomic E-state index is 14.9. The Morgan fingerprint density at radius 1 is 0.202 bits per heavy atom. The lowest BCUT2D eigenvalue weighted by Crippen LogP contribution is -2.11. The van der Waals surface area contributed by atoms with Gasteiger partial charge in [-0.3, -0.25) is 0 Å². The van der Waals surface area contributed by atoms with E-state index in [-0.39, 0.29) is 113 Å². The number of benzene rings is 10. The second kappa shape index (κ2) is 24.1. The maximum Gasteiger partial charge on any atom is 0.416 e. The molecule has 0 aliphatic rings. The van der Waals surface area contributed by atoms with Gasteiger partial charge in [0.2, 0.25) is 0 Å². The average molecular weight is 1490 g/mol. The van der Waals surface area contributed by atoms with Gasteiger partial charge in [-0.25, -0.2) is 0 Å². The van der Waals surface area contributed by atoms with Gasteiger partial charge in [0, 0.05) is 27.1 Å². The van der Waals surface area contributed by atoms with Gasteiger partial charge in [-0.15, -0.1) is 0 Å². The Morgan fingerprint density at radius 2 is 0.385 bits per heavy atom. The summed E-state index contributed by atoms with van der Waals surface area (Å²) in [6.45, 7) is 0. The Bertz CT molecular complexity index is 5110. The van der Waals surface area contributed by atoms with Gasteiger partial charge in [0.1, 0.15) is 0 Å². The molecule has 0 N–H and O–H groups in total. The SMILES string of the molecule is N#Cc1cc(-n2c3cc(-c4cc(C(F)(F)F)cc(C(F)(F)F)c4)ccc3c3ccc(-c4cc(C(F)(F)F)cc(C(F)(F)F)c4)cc32)c(-n2c3cc(-c4cc(C(F)(F)F)cc(C(F)(F)F)c4)ccc3c3ccc(-c4cc(C(F)(F)F)cc(C(F)(F)F)c4)cc32)cc1-c1cc(C(F)(F)F)cc(C(F)(F)F)c1. The summed E-state index contributed by atoms with van der Waals surface area (Å²) < 4.78 is 441. The summed E-state index contributed by atoms with van der Waals surface area (Å²) in [5.74, 6) is 0. The average Bonchev–Trinajstić information content (AvgIpc) is 1.54. The quantitative estimate of drug-likeness (QED) is 0.146. The van der Waals surface area contributed by atoms with Crippen LogP contribution in [0.5, 0.6) is 0 Å².